The highest BCUT2D eigenvalue weighted by Gasteiger charge is 2.30. The number of benzene rings is 3. The number of rotatable bonds is 10. The Labute approximate surface area is 251 Å². The van der Waals surface area contributed by atoms with Crippen molar-refractivity contribution in [2.45, 2.75) is 20.3 Å². The minimum atomic E-state index is -0.455. The van der Waals surface area contributed by atoms with Gasteiger partial charge in [-0.3, -0.25) is 9.59 Å². The first-order valence-electron chi connectivity index (χ1n) is 14.3. The van der Waals surface area contributed by atoms with E-state index in [0.717, 1.165) is 29.9 Å². The molecule has 0 aliphatic carbocycles. The second kappa shape index (κ2) is 13.0. The third-order valence-electron chi connectivity index (χ3n) is 7.17. The van der Waals surface area contributed by atoms with Gasteiger partial charge >= 0.3 is 5.97 Å². The van der Waals surface area contributed by atoms with Crippen LogP contribution in [0.5, 0.6) is 11.5 Å². The highest BCUT2D eigenvalue weighted by atomic mass is 16.6. The lowest BCUT2D eigenvalue weighted by Gasteiger charge is -2.23. The van der Waals surface area contributed by atoms with Crippen LogP contribution in [-0.4, -0.2) is 69.7 Å². The maximum absolute atomic E-state index is 13.5. The largest absolute Gasteiger partial charge is 0.486 e. The molecule has 0 saturated heterocycles. The summed E-state index contributed by atoms with van der Waals surface area (Å²) in [5.74, 6) is 0.431. The molecule has 0 fully saturated rings. The van der Waals surface area contributed by atoms with Gasteiger partial charge in [-0.05, 0) is 88.6 Å². The number of ether oxygens (including phenoxy) is 3. The smallest absolute Gasteiger partial charge is 0.338 e. The molecule has 224 valence electrons. The molecule has 0 saturated carbocycles. The monoisotopic (exact) mass is 584 g/mol. The topological polar surface area (TPSA) is 109 Å². The zero-order valence-electron chi connectivity index (χ0n) is 24.9. The third kappa shape index (κ3) is 6.65. The maximum atomic E-state index is 13.5. The van der Waals surface area contributed by atoms with Gasteiger partial charge in [-0.15, -0.1) is 0 Å². The Morgan fingerprint density at radius 1 is 0.930 bits per heavy atom. The van der Waals surface area contributed by atoms with E-state index in [1.54, 1.807) is 36.9 Å². The summed E-state index contributed by atoms with van der Waals surface area (Å²) in [7, 11) is 4.02. The van der Waals surface area contributed by atoms with Gasteiger partial charge in [0.1, 0.15) is 13.2 Å². The number of hydrogen-bond acceptors (Lipinski definition) is 8. The Kier molecular flexibility index (Phi) is 8.96. The van der Waals surface area contributed by atoms with E-state index in [1.807, 2.05) is 56.6 Å². The van der Waals surface area contributed by atoms with Gasteiger partial charge in [-0.25, -0.2) is 4.79 Å². The number of esters is 1. The molecule has 10 heteroatoms. The number of amides is 2. The van der Waals surface area contributed by atoms with Gasteiger partial charge in [0.05, 0.1) is 29.1 Å². The fourth-order valence-corrected chi connectivity index (χ4v) is 5.12. The van der Waals surface area contributed by atoms with Gasteiger partial charge in [0.15, 0.2) is 11.5 Å². The van der Waals surface area contributed by atoms with Crippen molar-refractivity contribution >= 4 is 46.1 Å². The summed E-state index contributed by atoms with van der Waals surface area (Å²) < 4.78 is 16.7. The summed E-state index contributed by atoms with van der Waals surface area (Å²) in [4.78, 5) is 42.1. The van der Waals surface area contributed by atoms with Gasteiger partial charge in [0.2, 0.25) is 5.91 Å². The molecule has 10 nitrogen and oxygen atoms in total. The van der Waals surface area contributed by atoms with E-state index < -0.39 is 5.97 Å². The molecule has 2 amide bonds. The molecule has 0 aromatic heterocycles. The number of anilines is 3. The summed E-state index contributed by atoms with van der Waals surface area (Å²) in [6.45, 7) is 5.95. The van der Waals surface area contributed by atoms with Gasteiger partial charge in [-0.1, -0.05) is 6.07 Å². The zero-order chi connectivity index (χ0) is 30.5. The van der Waals surface area contributed by atoms with E-state index in [2.05, 4.69) is 15.5 Å². The number of nitrogens with one attached hydrogen (secondary N) is 2. The first kappa shape index (κ1) is 29.7. The number of nitrogens with zero attached hydrogens (tertiary/aromatic N) is 2. The van der Waals surface area contributed by atoms with E-state index in [4.69, 9.17) is 14.2 Å². The number of fused-ring (bicyclic) bond motifs is 2. The van der Waals surface area contributed by atoms with Gasteiger partial charge in [-0.2, -0.15) is 0 Å². The van der Waals surface area contributed by atoms with Crippen LogP contribution in [0.2, 0.25) is 0 Å². The quantitative estimate of drug-likeness (QED) is 0.257. The summed E-state index contributed by atoms with van der Waals surface area (Å²) in [6, 6.07) is 18.1. The van der Waals surface area contributed by atoms with Crippen LogP contribution in [0, 0.1) is 0 Å². The summed E-state index contributed by atoms with van der Waals surface area (Å²) in [5.41, 5.74) is 4.73. The Bertz CT molecular complexity index is 1560. The summed E-state index contributed by atoms with van der Waals surface area (Å²) >= 11 is 0. The number of carbonyl (C=O) groups excluding carboxylic acids is 3. The van der Waals surface area contributed by atoms with Crippen molar-refractivity contribution in [1.82, 2.24) is 4.90 Å². The molecule has 2 heterocycles. The van der Waals surface area contributed by atoms with Crippen molar-refractivity contribution in [3.8, 4) is 11.5 Å². The molecule has 0 bridgehead atoms. The first-order valence-corrected chi connectivity index (χ1v) is 14.3. The van der Waals surface area contributed by atoms with E-state index in [-0.39, 0.29) is 18.4 Å². The maximum Gasteiger partial charge on any atom is 0.338 e. The van der Waals surface area contributed by atoms with Crippen LogP contribution in [0.25, 0.3) is 11.3 Å². The van der Waals surface area contributed by atoms with Crippen molar-refractivity contribution in [3.05, 3.63) is 77.4 Å². The molecule has 2 aliphatic heterocycles. The predicted octanol–water partition coefficient (Wildman–Crippen LogP) is 4.87. The van der Waals surface area contributed by atoms with Gasteiger partial charge in [0, 0.05) is 36.0 Å². The molecule has 3 aromatic carbocycles. The number of hydrogen-bond donors (Lipinski definition) is 2. The molecule has 2 aliphatic rings. The van der Waals surface area contributed by atoms with E-state index in [1.165, 1.54) is 0 Å². The third-order valence-corrected chi connectivity index (χ3v) is 7.17. The number of carbonyl (C=O) groups is 3. The fourth-order valence-electron chi connectivity index (χ4n) is 5.12. The van der Waals surface area contributed by atoms with Gasteiger partial charge in [0.25, 0.3) is 5.91 Å². The summed E-state index contributed by atoms with van der Waals surface area (Å²) in [5, 5.41) is 6.35. The SMILES string of the molecule is CCOC(=O)c1ccc2c(c1)NC(=O)C2=C(Nc1ccc(N(CCCN(C)C)C(C)=O)cc1)c1ccc2c(c1)OCCO2. The minimum absolute atomic E-state index is 0.0278. The Morgan fingerprint density at radius 2 is 1.65 bits per heavy atom. The zero-order valence-corrected chi connectivity index (χ0v) is 24.9. The fraction of sp³-hybridized carbons (Fsp3) is 0.303. The molecule has 0 atom stereocenters. The van der Waals surface area contributed by atoms with E-state index >= 15 is 0 Å². The van der Waals surface area contributed by atoms with Crippen LogP contribution in [0.4, 0.5) is 17.1 Å². The molecular formula is C33H36N4O6. The second-order valence-electron chi connectivity index (χ2n) is 10.5. The summed E-state index contributed by atoms with van der Waals surface area (Å²) in [6.07, 6.45) is 0.847. The van der Waals surface area contributed by atoms with Crippen molar-refractivity contribution in [1.29, 1.82) is 0 Å². The van der Waals surface area contributed by atoms with Crippen molar-refractivity contribution in [2.75, 3.05) is 62.5 Å². The molecule has 43 heavy (non-hydrogen) atoms. The Morgan fingerprint density at radius 3 is 2.35 bits per heavy atom. The molecule has 0 unspecified atom stereocenters. The average molecular weight is 585 g/mol. The second-order valence-corrected chi connectivity index (χ2v) is 10.5. The van der Waals surface area contributed by atoms with Crippen LogP contribution in [0.15, 0.2) is 60.7 Å². The molecular weight excluding hydrogens is 548 g/mol. The molecule has 5 rings (SSSR count). The standard InChI is InChI=1S/C33H36N4O6/c1-5-41-33(40)23-7-13-26-27(19-23)35-32(39)30(26)31(22-8-14-28-29(20-22)43-18-17-42-28)34-24-9-11-25(12-10-24)37(21(2)38)16-6-15-36(3)4/h7-14,19-20,34H,5-6,15-18H2,1-4H3,(H,35,39). The molecule has 2 N–H and O–H groups in total. The molecule has 3 aromatic rings. The molecule has 0 spiro atoms. The van der Waals surface area contributed by atoms with Gasteiger partial charge < -0.3 is 34.6 Å². The minimum Gasteiger partial charge on any atom is -0.486 e. The van der Waals surface area contributed by atoms with E-state index in [0.29, 0.717) is 59.3 Å². The molecule has 0 radical (unpaired) electrons. The average Bonchev–Trinajstić information content (AvgIpc) is 3.32. The normalized spacial score (nSPS) is 14.6. The lowest BCUT2D eigenvalue weighted by atomic mass is 9.98. The van der Waals surface area contributed by atoms with Crippen molar-refractivity contribution in [2.24, 2.45) is 0 Å². The predicted molar refractivity (Wildman–Crippen MR) is 167 cm³/mol. The highest BCUT2D eigenvalue weighted by Crippen LogP contribution is 2.40. The Balaban J connectivity index is 1.52. The van der Waals surface area contributed by atoms with Crippen LogP contribution >= 0.6 is 0 Å². The van der Waals surface area contributed by atoms with E-state index in [9.17, 15) is 14.4 Å². The van der Waals surface area contributed by atoms with Crippen molar-refractivity contribution < 1.29 is 28.6 Å². The van der Waals surface area contributed by atoms with Crippen LogP contribution in [0.1, 0.15) is 41.8 Å². The van der Waals surface area contributed by atoms with Crippen LogP contribution in [-0.2, 0) is 14.3 Å². The Hall–Kier alpha value is -4.83. The van der Waals surface area contributed by atoms with Crippen LogP contribution in [0.3, 0.4) is 0 Å². The first-order chi connectivity index (χ1) is 20.7. The lowest BCUT2D eigenvalue weighted by Crippen LogP contribution is -2.31. The van der Waals surface area contributed by atoms with Crippen molar-refractivity contribution in [3.63, 3.8) is 0 Å². The van der Waals surface area contributed by atoms with Crippen LogP contribution < -0.4 is 25.0 Å². The highest BCUT2D eigenvalue weighted by molar-refractivity contribution is 6.37. The lowest BCUT2D eigenvalue weighted by molar-refractivity contribution is -0.116.